The monoisotopic (exact) mass is 297 g/mol. The van der Waals surface area contributed by atoms with Gasteiger partial charge in [0.25, 0.3) is 10.0 Å². The van der Waals surface area contributed by atoms with Gasteiger partial charge in [-0.15, -0.1) is 0 Å². The Morgan fingerprint density at radius 2 is 2.00 bits per heavy atom. The molecule has 0 aliphatic carbocycles. The lowest BCUT2D eigenvalue weighted by Crippen LogP contribution is -2.35. The molecule has 0 bridgehead atoms. The van der Waals surface area contributed by atoms with Crippen molar-refractivity contribution in [2.75, 3.05) is 13.7 Å². The van der Waals surface area contributed by atoms with Crippen molar-refractivity contribution in [3.8, 4) is 0 Å². The quantitative estimate of drug-likeness (QED) is 0.855. The van der Waals surface area contributed by atoms with E-state index < -0.39 is 16.0 Å². The summed E-state index contributed by atoms with van der Waals surface area (Å²) in [5.41, 5.74) is -0.258. The van der Waals surface area contributed by atoms with E-state index in [-0.39, 0.29) is 28.5 Å². The van der Waals surface area contributed by atoms with Crippen molar-refractivity contribution < 1.29 is 23.1 Å². The number of rotatable bonds is 3. The average Bonchev–Trinajstić information content (AvgIpc) is 2.43. The zero-order valence-electron chi connectivity index (χ0n) is 11.2. The van der Waals surface area contributed by atoms with E-state index in [1.807, 2.05) is 6.92 Å². The van der Waals surface area contributed by atoms with Gasteiger partial charge in [-0.25, -0.2) is 13.2 Å². The summed E-state index contributed by atoms with van der Waals surface area (Å²) in [7, 11) is -2.65. The van der Waals surface area contributed by atoms with Gasteiger partial charge < -0.3 is 9.84 Å². The average molecular weight is 297 g/mol. The molecule has 0 aromatic heterocycles. The van der Waals surface area contributed by atoms with Crippen LogP contribution in [-0.2, 0) is 19.6 Å². The first kappa shape index (κ1) is 14.4. The van der Waals surface area contributed by atoms with Crippen LogP contribution in [0, 0.1) is 0 Å². The van der Waals surface area contributed by atoms with Crippen LogP contribution in [0.4, 0.5) is 0 Å². The number of aliphatic hydroxyl groups excluding tert-OH is 1. The Morgan fingerprint density at radius 1 is 1.35 bits per heavy atom. The molecule has 20 heavy (non-hydrogen) atoms. The second kappa shape index (κ2) is 5.16. The van der Waals surface area contributed by atoms with Crippen LogP contribution in [0.2, 0.25) is 0 Å². The Labute approximate surface area is 117 Å². The summed E-state index contributed by atoms with van der Waals surface area (Å²) in [6, 6.07) is 5.97. The molecule has 0 radical (unpaired) electrons. The van der Waals surface area contributed by atoms with Crippen LogP contribution in [0.3, 0.4) is 0 Å². The normalized spacial score (nSPS) is 16.8. The first-order valence-electron chi connectivity index (χ1n) is 6.10. The predicted octanol–water partition coefficient (Wildman–Crippen LogP) is 1.50. The van der Waals surface area contributed by atoms with Crippen LogP contribution < -0.4 is 0 Å². The minimum atomic E-state index is -3.86. The minimum absolute atomic E-state index is 0.0351. The summed E-state index contributed by atoms with van der Waals surface area (Å²) in [5, 5.41) is 10.2. The Morgan fingerprint density at radius 3 is 2.65 bits per heavy atom. The topological polar surface area (TPSA) is 83.9 Å². The number of likely N-dealkylation sites (N-methyl/N-ethyl adjacent to an activating group) is 1. The molecular formula is C13H15NO5S. The molecule has 108 valence electrons. The number of aliphatic hydroxyl groups is 1. The number of carbonyl (C=O) groups is 1. The van der Waals surface area contributed by atoms with Gasteiger partial charge in [-0.1, -0.05) is 19.1 Å². The van der Waals surface area contributed by atoms with Crippen molar-refractivity contribution in [3.05, 3.63) is 35.5 Å². The van der Waals surface area contributed by atoms with Crippen molar-refractivity contribution in [1.29, 1.82) is 0 Å². The molecule has 0 amide bonds. The maximum absolute atomic E-state index is 12.3. The number of fused-ring (bicyclic) bond motifs is 1. The molecule has 0 atom stereocenters. The van der Waals surface area contributed by atoms with E-state index in [2.05, 4.69) is 0 Å². The third kappa shape index (κ3) is 2.14. The number of hydrogen-bond acceptors (Lipinski definition) is 5. The summed E-state index contributed by atoms with van der Waals surface area (Å²) >= 11 is 0. The van der Waals surface area contributed by atoms with E-state index in [9.17, 15) is 18.3 Å². The molecular weight excluding hydrogens is 282 g/mol. The van der Waals surface area contributed by atoms with Crippen LogP contribution in [0.25, 0.3) is 5.76 Å². The van der Waals surface area contributed by atoms with Crippen LogP contribution in [-0.4, -0.2) is 37.5 Å². The highest BCUT2D eigenvalue weighted by atomic mass is 32.2. The summed E-state index contributed by atoms with van der Waals surface area (Å²) in [6.07, 6.45) is 0.604. The van der Waals surface area contributed by atoms with Crippen LogP contribution >= 0.6 is 0 Å². The van der Waals surface area contributed by atoms with Crippen molar-refractivity contribution in [2.24, 2.45) is 0 Å². The van der Waals surface area contributed by atoms with E-state index in [1.54, 1.807) is 12.1 Å². The molecule has 0 fully saturated rings. The molecule has 1 heterocycles. The number of esters is 1. The van der Waals surface area contributed by atoms with Gasteiger partial charge in [-0.2, -0.15) is 0 Å². The van der Waals surface area contributed by atoms with Crippen LogP contribution in [0.1, 0.15) is 18.9 Å². The maximum atomic E-state index is 12.3. The van der Waals surface area contributed by atoms with Crippen LogP contribution in [0.5, 0.6) is 0 Å². The van der Waals surface area contributed by atoms with E-state index in [4.69, 9.17) is 4.74 Å². The molecule has 0 saturated heterocycles. The fourth-order valence-electron chi connectivity index (χ4n) is 1.92. The summed E-state index contributed by atoms with van der Waals surface area (Å²) in [4.78, 5) is 11.9. The Kier molecular flexibility index (Phi) is 3.71. The molecule has 1 aliphatic rings. The molecule has 0 unspecified atom stereocenters. The van der Waals surface area contributed by atoms with E-state index in [0.717, 1.165) is 4.31 Å². The van der Waals surface area contributed by atoms with Gasteiger partial charge in [0, 0.05) is 12.6 Å². The highest BCUT2D eigenvalue weighted by Crippen LogP contribution is 2.34. The van der Waals surface area contributed by atoms with Crippen molar-refractivity contribution in [1.82, 2.24) is 4.31 Å². The number of benzene rings is 1. The number of nitrogens with zero attached hydrogens (tertiary/aromatic N) is 1. The second-order valence-electron chi connectivity index (χ2n) is 4.30. The highest BCUT2D eigenvalue weighted by molar-refractivity contribution is 7.89. The zero-order chi connectivity index (χ0) is 14.9. The SMILES string of the molecule is CCCOC(=O)C1=C(O)c2ccccc2S(=O)(=O)N1C. The fourth-order valence-corrected chi connectivity index (χ4v) is 3.31. The van der Waals surface area contributed by atoms with Gasteiger partial charge in [-0.3, -0.25) is 4.31 Å². The van der Waals surface area contributed by atoms with Gasteiger partial charge in [0.2, 0.25) is 0 Å². The Bertz CT molecular complexity index is 678. The highest BCUT2D eigenvalue weighted by Gasteiger charge is 2.38. The van der Waals surface area contributed by atoms with Gasteiger partial charge in [0.1, 0.15) is 0 Å². The second-order valence-corrected chi connectivity index (χ2v) is 6.24. The van der Waals surface area contributed by atoms with Crippen molar-refractivity contribution in [3.63, 3.8) is 0 Å². The van der Waals surface area contributed by atoms with Crippen molar-refractivity contribution >= 4 is 21.8 Å². The molecule has 6 nitrogen and oxygen atoms in total. The van der Waals surface area contributed by atoms with E-state index in [0.29, 0.717) is 6.42 Å². The predicted molar refractivity (Wildman–Crippen MR) is 72.2 cm³/mol. The van der Waals surface area contributed by atoms with E-state index >= 15 is 0 Å². The van der Waals surface area contributed by atoms with Gasteiger partial charge in [0.05, 0.1) is 11.5 Å². The molecule has 1 aliphatic heterocycles. The third-order valence-electron chi connectivity index (χ3n) is 2.95. The number of carbonyl (C=O) groups excluding carboxylic acids is 1. The lowest BCUT2D eigenvalue weighted by atomic mass is 10.1. The van der Waals surface area contributed by atoms with Crippen LogP contribution in [0.15, 0.2) is 34.9 Å². The Hall–Kier alpha value is -2.02. The summed E-state index contributed by atoms with van der Waals surface area (Å²) in [5.74, 6) is -1.25. The molecule has 1 aromatic carbocycles. The molecule has 1 aromatic rings. The third-order valence-corrected chi connectivity index (χ3v) is 4.77. The summed E-state index contributed by atoms with van der Waals surface area (Å²) < 4.78 is 30.3. The molecule has 0 saturated carbocycles. The smallest absolute Gasteiger partial charge is 0.359 e. The lowest BCUT2D eigenvalue weighted by molar-refractivity contribution is -0.140. The first-order valence-corrected chi connectivity index (χ1v) is 7.54. The van der Waals surface area contributed by atoms with Crippen molar-refractivity contribution in [2.45, 2.75) is 18.2 Å². The minimum Gasteiger partial charge on any atom is -0.505 e. The molecule has 2 rings (SSSR count). The largest absolute Gasteiger partial charge is 0.505 e. The first-order chi connectivity index (χ1) is 9.41. The maximum Gasteiger partial charge on any atom is 0.359 e. The van der Waals surface area contributed by atoms with Gasteiger partial charge in [-0.05, 0) is 18.6 Å². The zero-order valence-corrected chi connectivity index (χ0v) is 12.0. The molecule has 7 heteroatoms. The number of sulfonamides is 1. The molecule has 1 N–H and O–H groups in total. The number of ether oxygens (including phenoxy) is 1. The standard InChI is InChI=1S/C13H15NO5S/c1-3-8-19-13(16)11-12(15)9-6-4-5-7-10(9)20(17,18)14(11)2/h4-7,15H,3,8H2,1-2H3. The lowest BCUT2D eigenvalue weighted by Gasteiger charge is -2.27. The Balaban J connectivity index is 2.60. The van der Waals surface area contributed by atoms with Gasteiger partial charge >= 0.3 is 5.97 Å². The fraction of sp³-hybridized carbons (Fsp3) is 0.308. The van der Waals surface area contributed by atoms with E-state index in [1.165, 1.54) is 19.2 Å². The summed E-state index contributed by atoms with van der Waals surface area (Å²) in [6.45, 7) is 1.98. The molecule has 0 spiro atoms. The van der Waals surface area contributed by atoms with Gasteiger partial charge in [0.15, 0.2) is 11.5 Å². The number of hydrogen-bond donors (Lipinski definition) is 1.